The van der Waals surface area contributed by atoms with Gasteiger partial charge in [-0.2, -0.15) is 0 Å². The maximum atomic E-state index is 12.1. The zero-order chi connectivity index (χ0) is 15.5. The van der Waals surface area contributed by atoms with Gasteiger partial charge in [0, 0.05) is 19.2 Å². The van der Waals surface area contributed by atoms with Gasteiger partial charge in [0.25, 0.3) is 0 Å². The normalized spacial score (nSPS) is 16.6. The molecule has 5 heteroatoms. The van der Waals surface area contributed by atoms with Crippen LogP contribution in [0.2, 0.25) is 0 Å². The van der Waals surface area contributed by atoms with Crippen molar-refractivity contribution >= 4 is 5.91 Å². The van der Waals surface area contributed by atoms with E-state index in [2.05, 4.69) is 22.5 Å². The van der Waals surface area contributed by atoms with Crippen LogP contribution in [0.3, 0.4) is 0 Å². The second-order valence-corrected chi connectivity index (χ2v) is 6.07. The number of amides is 1. The molecule has 0 atom stereocenters. The molecular weight excluding hydrogens is 266 g/mol. The highest BCUT2D eigenvalue weighted by molar-refractivity contribution is 5.78. The number of rotatable bonds is 10. The Morgan fingerprint density at radius 1 is 1.38 bits per heavy atom. The van der Waals surface area contributed by atoms with Crippen molar-refractivity contribution in [1.29, 1.82) is 0 Å². The Hall–Kier alpha value is -0.650. The molecule has 0 radical (unpaired) electrons. The Labute approximate surface area is 129 Å². The summed E-state index contributed by atoms with van der Waals surface area (Å²) in [6.45, 7) is 11.3. The van der Waals surface area contributed by atoms with E-state index in [0.717, 1.165) is 45.3 Å². The van der Waals surface area contributed by atoms with Crippen LogP contribution in [0.15, 0.2) is 0 Å². The van der Waals surface area contributed by atoms with E-state index in [1.165, 1.54) is 0 Å². The molecule has 1 heterocycles. The lowest BCUT2D eigenvalue weighted by Crippen LogP contribution is -2.47. The number of nitrogens with one attached hydrogen (secondary N) is 2. The fraction of sp³-hybridized carbons (Fsp3) is 0.938. The summed E-state index contributed by atoms with van der Waals surface area (Å²) in [6.07, 6.45) is 4.54. The molecule has 0 bridgehead atoms. The third kappa shape index (κ3) is 8.39. The molecule has 0 aromatic heterocycles. The molecule has 1 amide bonds. The molecule has 1 aliphatic heterocycles. The largest absolute Gasteiger partial charge is 0.379 e. The molecule has 1 fully saturated rings. The first-order valence-electron chi connectivity index (χ1n) is 8.46. The molecule has 0 aromatic carbocycles. The third-order valence-electron chi connectivity index (χ3n) is 3.78. The lowest BCUT2D eigenvalue weighted by molar-refractivity contribution is -0.123. The van der Waals surface area contributed by atoms with Gasteiger partial charge in [0.05, 0.1) is 12.6 Å². The molecule has 0 spiro atoms. The van der Waals surface area contributed by atoms with Gasteiger partial charge in [-0.3, -0.25) is 9.69 Å². The summed E-state index contributed by atoms with van der Waals surface area (Å²) in [5.74, 6) is 0.145. The summed E-state index contributed by atoms with van der Waals surface area (Å²) in [5, 5.41) is 6.39. The van der Waals surface area contributed by atoms with Crippen LogP contribution in [0.1, 0.15) is 46.5 Å². The summed E-state index contributed by atoms with van der Waals surface area (Å²) in [6, 6.07) is 0.557. The highest BCUT2D eigenvalue weighted by atomic mass is 16.5. The number of piperidine rings is 1. The number of ether oxygens (including phenoxy) is 1. The summed E-state index contributed by atoms with van der Waals surface area (Å²) in [7, 11) is 0. The van der Waals surface area contributed by atoms with Crippen LogP contribution in [0, 0.1) is 0 Å². The minimum Gasteiger partial charge on any atom is -0.379 e. The molecule has 5 nitrogen and oxygen atoms in total. The maximum Gasteiger partial charge on any atom is 0.234 e. The predicted molar refractivity (Wildman–Crippen MR) is 86.5 cm³/mol. The van der Waals surface area contributed by atoms with Gasteiger partial charge < -0.3 is 15.4 Å². The zero-order valence-electron chi connectivity index (χ0n) is 14.0. The Kier molecular flexibility index (Phi) is 9.63. The van der Waals surface area contributed by atoms with Gasteiger partial charge in [-0.25, -0.2) is 0 Å². The molecule has 0 aromatic rings. The van der Waals surface area contributed by atoms with E-state index in [0.29, 0.717) is 25.7 Å². The van der Waals surface area contributed by atoms with Crippen molar-refractivity contribution in [2.75, 3.05) is 39.3 Å². The first kappa shape index (κ1) is 18.4. The third-order valence-corrected chi connectivity index (χ3v) is 3.78. The van der Waals surface area contributed by atoms with Crippen LogP contribution in [0.5, 0.6) is 0 Å². The second-order valence-electron chi connectivity index (χ2n) is 6.07. The first-order valence-corrected chi connectivity index (χ1v) is 8.46. The molecule has 1 rings (SSSR count). The number of hydrogen-bond donors (Lipinski definition) is 2. The van der Waals surface area contributed by atoms with Crippen molar-refractivity contribution in [2.24, 2.45) is 0 Å². The van der Waals surface area contributed by atoms with Crippen molar-refractivity contribution < 1.29 is 9.53 Å². The van der Waals surface area contributed by atoms with Gasteiger partial charge in [0.2, 0.25) is 5.91 Å². The van der Waals surface area contributed by atoms with Crippen LogP contribution in [-0.4, -0.2) is 62.3 Å². The molecule has 1 saturated heterocycles. The minimum atomic E-state index is 0.145. The van der Waals surface area contributed by atoms with E-state index in [1.807, 2.05) is 13.8 Å². The van der Waals surface area contributed by atoms with Crippen molar-refractivity contribution in [3.63, 3.8) is 0 Å². The van der Waals surface area contributed by atoms with E-state index >= 15 is 0 Å². The fourth-order valence-corrected chi connectivity index (χ4v) is 2.71. The van der Waals surface area contributed by atoms with Crippen molar-refractivity contribution in [1.82, 2.24) is 15.5 Å². The highest BCUT2D eigenvalue weighted by Gasteiger charge is 2.21. The van der Waals surface area contributed by atoms with Crippen LogP contribution < -0.4 is 10.6 Å². The maximum absolute atomic E-state index is 12.1. The molecule has 0 aliphatic carbocycles. The smallest absolute Gasteiger partial charge is 0.234 e. The van der Waals surface area contributed by atoms with Crippen molar-refractivity contribution in [3.05, 3.63) is 0 Å². The topological polar surface area (TPSA) is 53.6 Å². The van der Waals surface area contributed by atoms with E-state index in [9.17, 15) is 4.79 Å². The van der Waals surface area contributed by atoms with Crippen molar-refractivity contribution in [2.45, 2.75) is 58.6 Å². The average Bonchev–Trinajstić information content (AvgIpc) is 2.47. The summed E-state index contributed by atoms with van der Waals surface area (Å²) >= 11 is 0. The first-order chi connectivity index (χ1) is 10.1. The van der Waals surface area contributed by atoms with Crippen LogP contribution >= 0.6 is 0 Å². The quantitative estimate of drug-likeness (QED) is 0.599. The SMILES string of the molecule is CCCN(CC(=O)NCCCOC(C)C)C1CCNCC1. The summed E-state index contributed by atoms with van der Waals surface area (Å²) in [5.41, 5.74) is 0. The molecule has 2 N–H and O–H groups in total. The lowest BCUT2D eigenvalue weighted by atomic mass is 10.0. The Balaban J connectivity index is 2.21. The molecule has 21 heavy (non-hydrogen) atoms. The van der Waals surface area contributed by atoms with Gasteiger partial charge >= 0.3 is 0 Å². The number of carbonyl (C=O) groups is 1. The molecule has 0 unspecified atom stereocenters. The molecule has 1 aliphatic rings. The number of hydrogen-bond acceptors (Lipinski definition) is 4. The van der Waals surface area contributed by atoms with Gasteiger partial charge in [0.15, 0.2) is 0 Å². The average molecular weight is 299 g/mol. The van der Waals surface area contributed by atoms with Crippen LogP contribution in [0.25, 0.3) is 0 Å². The standard InChI is InChI=1S/C16H33N3O2/c1-4-11-19(15-6-9-17-10-7-15)13-16(20)18-8-5-12-21-14(2)3/h14-15,17H,4-13H2,1-3H3,(H,18,20). The van der Waals surface area contributed by atoms with E-state index in [4.69, 9.17) is 4.74 Å². The fourth-order valence-electron chi connectivity index (χ4n) is 2.71. The number of carbonyl (C=O) groups excluding carboxylic acids is 1. The Bertz CT molecular complexity index is 279. The van der Waals surface area contributed by atoms with Crippen molar-refractivity contribution in [3.8, 4) is 0 Å². The van der Waals surface area contributed by atoms with Gasteiger partial charge in [0.1, 0.15) is 0 Å². The zero-order valence-corrected chi connectivity index (χ0v) is 14.0. The lowest BCUT2D eigenvalue weighted by Gasteiger charge is -2.34. The number of nitrogens with zero attached hydrogens (tertiary/aromatic N) is 1. The minimum absolute atomic E-state index is 0.145. The highest BCUT2D eigenvalue weighted by Crippen LogP contribution is 2.11. The van der Waals surface area contributed by atoms with Crippen LogP contribution in [-0.2, 0) is 9.53 Å². The molecule has 124 valence electrons. The van der Waals surface area contributed by atoms with E-state index in [-0.39, 0.29) is 12.0 Å². The monoisotopic (exact) mass is 299 g/mol. The van der Waals surface area contributed by atoms with Gasteiger partial charge in [-0.1, -0.05) is 6.92 Å². The van der Waals surface area contributed by atoms with E-state index in [1.54, 1.807) is 0 Å². The Morgan fingerprint density at radius 3 is 2.71 bits per heavy atom. The van der Waals surface area contributed by atoms with E-state index < -0.39 is 0 Å². The predicted octanol–water partition coefficient (Wildman–Crippen LogP) is 1.38. The summed E-state index contributed by atoms with van der Waals surface area (Å²) < 4.78 is 5.47. The van der Waals surface area contributed by atoms with Gasteiger partial charge in [-0.15, -0.1) is 0 Å². The second kappa shape index (κ2) is 11.0. The molecular formula is C16H33N3O2. The van der Waals surface area contributed by atoms with Crippen LogP contribution in [0.4, 0.5) is 0 Å². The molecule has 0 saturated carbocycles. The Morgan fingerprint density at radius 2 is 2.10 bits per heavy atom. The summed E-state index contributed by atoms with van der Waals surface area (Å²) in [4.78, 5) is 14.4. The van der Waals surface area contributed by atoms with Gasteiger partial charge in [-0.05, 0) is 59.2 Å².